The third-order valence-electron chi connectivity index (χ3n) is 12.1. The summed E-state index contributed by atoms with van der Waals surface area (Å²) in [7, 11) is 0. The van der Waals surface area contributed by atoms with Crippen LogP contribution in [0.3, 0.4) is 0 Å². The van der Waals surface area contributed by atoms with Crippen molar-refractivity contribution >= 4 is 81.3 Å². The Kier molecular flexibility index (Phi) is 8.39. The Bertz CT molecular complexity index is 3400. The van der Waals surface area contributed by atoms with Crippen LogP contribution in [-0.2, 0) is 0 Å². The molecule has 0 saturated heterocycles. The molecule has 2 aromatic heterocycles. The van der Waals surface area contributed by atoms with Crippen molar-refractivity contribution in [3.63, 3.8) is 0 Å². The lowest BCUT2D eigenvalue weighted by Crippen LogP contribution is -2.09. The number of hydrogen-bond acceptors (Lipinski definition) is 3. The van der Waals surface area contributed by atoms with Gasteiger partial charge in [-0.1, -0.05) is 164 Å². The monoisotopic (exact) mass is 795 g/mol. The largest absolute Gasteiger partial charge is 0.456 e. The van der Waals surface area contributed by atoms with Gasteiger partial charge in [-0.25, -0.2) is 0 Å². The highest BCUT2D eigenvalue weighted by atomic mass is 32.1. The number of nitrogens with zero attached hydrogens (tertiary/aromatic N) is 1. The van der Waals surface area contributed by atoms with E-state index in [2.05, 4.69) is 217 Å². The van der Waals surface area contributed by atoms with Gasteiger partial charge in [0.05, 0.1) is 0 Å². The van der Waals surface area contributed by atoms with Crippen molar-refractivity contribution in [3.05, 3.63) is 224 Å². The number of rotatable bonds is 7. The predicted octanol–water partition coefficient (Wildman–Crippen LogP) is 17.2. The number of furan rings is 1. The summed E-state index contributed by atoms with van der Waals surface area (Å²) in [6.45, 7) is 0. The van der Waals surface area contributed by atoms with Gasteiger partial charge < -0.3 is 9.32 Å². The van der Waals surface area contributed by atoms with Gasteiger partial charge in [0.25, 0.3) is 0 Å². The fourth-order valence-corrected chi connectivity index (χ4v) is 10.3. The zero-order valence-electron chi connectivity index (χ0n) is 33.1. The maximum Gasteiger partial charge on any atom is 0.136 e. The van der Waals surface area contributed by atoms with Crippen molar-refractivity contribution in [2.24, 2.45) is 0 Å². The average molecular weight is 796 g/mol. The summed E-state index contributed by atoms with van der Waals surface area (Å²) in [6.07, 6.45) is 0. The fraction of sp³-hybridized carbons (Fsp3) is 0. The summed E-state index contributed by atoms with van der Waals surface area (Å²) >= 11 is 1.86. The summed E-state index contributed by atoms with van der Waals surface area (Å²) in [5.74, 6) is 0. The highest BCUT2D eigenvalue weighted by molar-refractivity contribution is 7.25. The third-order valence-corrected chi connectivity index (χ3v) is 13.3. The first-order valence-corrected chi connectivity index (χ1v) is 21.6. The lowest BCUT2D eigenvalue weighted by molar-refractivity contribution is 0.669. The Morgan fingerprint density at radius 3 is 1.44 bits per heavy atom. The van der Waals surface area contributed by atoms with Gasteiger partial charge in [0.15, 0.2) is 0 Å². The van der Waals surface area contributed by atoms with Gasteiger partial charge in [-0.05, 0) is 116 Å². The van der Waals surface area contributed by atoms with E-state index >= 15 is 0 Å². The third kappa shape index (κ3) is 6.09. The van der Waals surface area contributed by atoms with Gasteiger partial charge in [-0.2, -0.15) is 0 Å². The van der Waals surface area contributed by atoms with Crippen LogP contribution in [0.2, 0.25) is 0 Å². The minimum Gasteiger partial charge on any atom is -0.456 e. The molecule has 0 bridgehead atoms. The predicted molar refractivity (Wildman–Crippen MR) is 261 cm³/mol. The standard InChI is InChI=1S/C58H37NOS/c1-2-12-47-40(10-1)11-7-15-48(47)41-24-22-38(23-25-41)39-26-32-44(33-27-39)59(45-34-28-42(29-35-45)49-16-8-19-54-57(49)51-13-3-5-18-53(51)60-54)46-36-30-43(31-37-46)50-17-9-21-56-58(50)52-14-4-6-20-55(52)61-56/h1-37H. The quantitative estimate of drug-likeness (QED) is 0.160. The van der Waals surface area contributed by atoms with Crippen LogP contribution >= 0.6 is 11.3 Å². The molecule has 2 heterocycles. The second kappa shape index (κ2) is 14.5. The Hall–Kier alpha value is -7.72. The van der Waals surface area contributed by atoms with Crippen LogP contribution < -0.4 is 4.90 Å². The highest BCUT2D eigenvalue weighted by Crippen LogP contribution is 2.43. The topological polar surface area (TPSA) is 16.4 Å². The molecule has 0 spiro atoms. The molecule has 0 fully saturated rings. The fourth-order valence-electron chi connectivity index (χ4n) is 9.18. The summed E-state index contributed by atoms with van der Waals surface area (Å²) in [4.78, 5) is 2.36. The summed E-state index contributed by atoms with van der Waals surface area (Å²) in [5.41, 5.74) is 14.7. The second-order valence-corrected chi connectivity index (χ2v) is 16.7. The van der Waals surface area contributed by atoms with Crippen molar-refractivity contribution < 1.29 is 4.42 Å². The molecule has 0 aliphatic carbocycles. The lowest BCUT2D eigenvalue weighted by atomic mass is 9.96. The number of benzene rings is 10. The first kappa shape index (κ1) is 35.2. The van der Waals surface area contributed by atoms with Gasteiger partial charge >= 0.3 is 0 Å². The van der Waals surface area contributed by atoms with Gasteiger partial charge in [0.2, 0.25) is 0 Å². The molecule has 0 aliphatic rings. The molecule has 0 aliphatic heterocycles. The van der Waals surface area contributed by atoms with E-state index in [1.165, 1.54) is 64.3 Å². The number of fused-ring (bicyclic) bond motifs is 7. The lowest BCUT2D eigenvalue weighted by Gasteiger charge is -2.26. The minimum atomic E-state index is 0.902. The Balaban J connectivity index is 0.922. The van der Waals surface area contributed by atoms with Crippen LogP contribution in [0.1, 0.15) is 0 Å². The Morgan fingerprint density at radius 2 is 0.738 bits per heavy atom. The van der Waals surface area contributed by atoms with E-state index in [0.29, 0.717) is 0 Å². The molecule has 0 atom stereocenters. The van der Waals surface area contributed by atoms with Gasteiger partial charge in [0, 0.05) is 48.0 Å². The van der Waals surface area contributed by atoms with Crippen LogP contribution in [-0.4, -0.2) is 0 Å². The first-order chi connectivity index (χ1) is 30.2. The van der Waals surface area contributed by atoms with Crippen LogP contribution in [0.15, 0.2) is 229 Å². The van der Waals surface area contributed by atoms with Crippen molar-refractivity contribution in [1.29, 1.82) is 0 Å². The maximum absolute atomic E-state index is 6.25. The van der Waals surface area contributed by atoms with E-state index in [4.69, 9.17) is 4.42 Å². The normalized spacial score (nSPS) is 11.6. The van der Waals surface area contributed by atoms with Gasteiger partial charge in [-0.3, -0.25) is 0 Å². The molecular formula is C58H37NOS. The smallest absolute Gasteiger partial charge is 0.136 e. The van der Waals surface area contributed by atoms with Crippen molar-refractivity contribution in [3.8, 4) is 44.5 Å². The molecule has 0 radical (unpaired) electrons. The molecule has 2 nitrogen and oxygen atoms in total. The number of anilines is 3. The summed E-state index contributed by atoms with van der Waals surface area (Å²) in [6, 6.07) is 81.1. The van der Waals surface area contributed by atoms with Gasteiger partial charge in [-0.15, -0.1) is 11.3 Å². The van der Waals surface area contributed by atoms with Gasteiger partial charge in [0.1, 0.15) is 11.2 Å². The summed E-state index contributed by atoms with van der Waals surface area (Å²) < 4.78 is 8.88. The van der Waals surface area contributed by atoms with E-state index < -0.39 is 0 Å². The molecule has 0 unspecified atom stereocenters. The van der Waals surface area contributed by atoms with E-state index in [1.54, 1.807) is 0 Å². The highest BCUT2D eigenvalue weighted by Gasteiger charge is 2.17. The molecule has 10 aromatic carbocycles. The molecule has 3 heteroatoms. The Labute approximate surface area is 357 Å². The first-order valence-electron chi connectivity index (χ1n) is 20.7. The molecule has 286 valence electrons. The zero-order chi connectivity index (χ0) is 40.3. The molecule has 0 saturated carbocycles. The maximum atomic E-state index is 6.25. The van der Waals surface area contributed by atoms with E-state index in [-0.39, 0.29) is 0 Å². The van der Waals surface area contributed by atoms with Crippen molar-refractivity contribution in [2.75, 3.05) is 4.90 Å². The number of thiophene rings is 1. The molecular weight excluding hydrogens is 759 g/mol. The van der Waals surface area contributed by atoms with Crippen molar-refractivity contribution in [1.82, 2.24) is 0 Å². The molecule has 12 rings (SSSR count). The SMILES string of the molecule is c1ccc2c(-c3ccc(-c4ccc(N(c5ccc(-c6cccc7oc8ccccc8c67)cc5)c5ccc(-c6cccc7sc8ccccc8c67)cc5)cc4)cc3)cccc2c1. The second-order valence-electron chi connectivity index (χ2n) is 15.6. The van der Waals surface area contributed by atoms with Crippen LogP contribution in [0, 0.1) is 0 Å². The van der Waals surface area contributed by atoms with Crippen LogP contribution in [0.4, 0.5) is 17.1 Å². The molecule has 0 amide bonds. The molecule has 12 aromatic rings. The summed E-state index contributed by atoms with van der Waals surface area (Å²) in [5, 5.41) is 7.44. The Morgan fingerprint density at radius 1 is 0.295 bits per heavy atom. The average Bonchev–Trinajstić information content (AvgIpc) is 3.91. The van der Waals surface area contributed by atoms with Crippen LogP contribution in [0.25, 0.3) is 97.4 Å². The van der Waals surface area contributed by atoms with E-state index in [0.717, 1.165) is 50.1 Å². The minimum absolute atomic E-state index is 0.902. The van der Waals surface area contributed by atoms with E-state index in [9.17, 15) is 0 Å². The molecule has 61 heavy (non-hydrogen) atoms. The van der Waals surface area contributed by atoms with E-state index in [1.807, 2.05) is 23.5 Å². The number of para-hydroxylation sites is 1. The zero-order valence-corrected chi connectivity index (χ0v) is 33.9. The van der Waals surface area contributed by atoms with Crippen molar-refractivity contribution in [2.45, 2.75) is 0 Å². The number of hydrogen-bond donors (Lipinski definition) is 0. The molecule has 0 N–H and O–H groups in total. The van der Waals surface area contributed by atoms with Crippen LogP contribution in [0.5, 0.6) is 0 Å².